The quantitative estimate of drug-likeness (QED) is 0.683. The Bertz CT molecular complexity index is 362. The Morgan fingerprint density at radius 1 is 1.54 bits per heavy atom. The van der Waals surface area contributed by atoms with E-state index in [4.69, 9.17) is 16.3 Å². The molecule has 1 aromatic rings. The number of ether oxygens (including phenoxy) is 1. The number of fused-ring (bicyclic) bond motifs is 1. The molecule has 0 atom stereocenters. The van der Waals surface area contributed by atoms with E-state index < -0.39 is 0 Å². The first-order valence-corrected chi connectivity index (χ1v) is 4.54. The van der Waals surface area contributed by atoms with E-state index in [1.807, 2.05) is 30.0 Å². The predicted molar refractivity (Wildman–Crippen MR) is 54.2 cm³/mol. The van der Waals surface area contributed by atoms with Crippen LogP contribution in [0.1, 0.15) is 6.92 Å². The second kappa shape index (κ2) is 2.96. The highest BCUT2D eigenvalue weighted by Gasteiger charge is 2.22. The Labute approximate surface area is 82.4 Å². The van der Waals surface area contributed by atoms with Crippen LogP contribution < -0.4 is 9.64 Å². The number of benzene rings is 1. The number of halogens is 1. The van der Waals surface area contributed by atoms with Crippen molar-refractivity contribution in [2.75, 3.05) is 11.4 Å². The van der Waals surface area contributed by atoms with Crippen LogP contribution in [0.15, 0.2) is 30.7 Å². The molecule has 3 heteroatoms. The summed E-state index contributed by atoms with van der Waals surface area (Å²) in [5.41, 5.74) is 1.00. The monoisotopic (exact) mass is 195 g/mol. The number of hydrogen-bond acceptors (Lipinski definition) is 2. The summed E-state index contributed by atoms with van der Waals surface area (Å²) in [5.74, 6) is 1.50. The van der Waals surface area contributed by atoms with Crippen LogP contribution in [0.5, 0.6) is 5.75 Å². The largest absolute Gasteiger partial charge is 0.439 e. The van der Waals surface area contributed by atoms with E-state index in [0.29, 0.717) is 5.88 Å². The molecule has 68 valence electrons. The van der Waals surface area contributed by atoms with Gasteiger partial charge in [-0.25, -0.2) is 0 Å². The minimum Gasteiger partial charge on any atom is -0.439 e. The van der Waals surface area contributed by atoms with Crippen LogP contribution in [0.25, 0.3) is 0 Å². The lowest BCUT2D eigenvalue weighted by Gasteiger charge is -2.13. The lowest BCUT2D eigenvalue weighted by molar-refractivity contribution is 0.442. The summed E-state index contributed by atoms with van der Waals surface area (Å²) in [6.45, 7) is 6.70. The summed E-state index contributed by atoms with van der Waals surface area (Å²) in [6, 6.07) is 5.56. The van der Waals surface area contributed by atoms with Gasteiger partial charge in [0.25, 0.3) is 0 Å². The Kier molecular flexibility index (Phi) is 1.93. The standard InChI is InChI=1S/C10H10ClNO/c1-3-12-7(2)13-10-5-4-8(11)6-9(10)12/h4-6H,2-3H2,1H3. The normalized spacial score (nSPS) is 14.3. The molecule has 0 unspecified atom stereocenters. The zero-order chi connectivity index (χ0) is 9.42. The Morgan fingerprint density at radius 2 is 2.31 bits per heavy atom. The van der Waals surface area contributed by atoms with E-state index in [9.17, 15) is 0 Å². The fourth-order valence-electron chi connectivity index (χ4n) is 1.45. The van der Waals surface area contributed by atoms with Gasteiger partial charge in [-0.1, -0.05) is 11.6 Å². The first kappa shape index (κ1) is 8.45. The van der Waals surface area contributed by atoms with Gasteiger partial charge >= 0.3 is 0 Å². The van der Waals surface area contributed by atoms with Crippen LogP contribution in [-0.2, 0) is 0 Å². The number of anilines is 1. The summed E-state index contributed by atoms with van der Waals surface area (Å²) in [4.78, 5) is 1.99. The molecule has 0 aliphatic carbocycles. The summed E-state index contributed by atoms with van der Waals surface area (Å²) in [7, 11) is 0. The third kappa shape index (κ3) is 1.27. The number of rotatable bonds is 1. The van der Waals surface area contributed by atoms with E-state index in [2.05, 4.69) is 6.58 Å². The Balaban J connectivity index is 2.50. The molecule has 1 aromatic carbocycles. The van der Waals surface area contributed by atoms with Crippen molar-refractivity contribution in [2.45, 2.75) is 6.92 Å². The van der Waals surface area contributed by atoms with Crippen molar-refractivity contribution in [1.29, 1.82) is 0 Å². The van der Waals surface area contributed by atoms with Gasteiger partial charge in [-0.05, 0) is 31.7 Å². The summed E-state index contributed by atoms with van der Waals surface area (Å²) in [6.07, 6.45) is 0. The third-order valence-corrected chi connectivity index (χ3v) is 2.29. The van der Waals surface area contributed by atoms with Crippen molar-refractivity contribution in [3.05, 3.63) is 35.7 Å². The van der Waals surface area contributed by atoms with Gasteiger partial charge in [0.1, 0.15) is 0 Å². The van der Waals surface area contributed by atoms with Gasteiger partial charge in [0, 0.05) is 11.6 Å². The van der Waals surface area contributed by atoms with Gasteiger partial charge in [0.2, 0.25) is 0 Å². The molecule has 1 aliphatic heterocycles. The highest BCUT2D eigenvalue weighted by atomic mass is 35.5. The van der Waals surface area contributed by atoms with Crippen molar-refractivity contribution >= 4 is 17.3 Å². The molecule has 0 saturated carbocycles. The SMILES string of the molecule is C=C1Oc2ccc(Cl)cc2N1CC. The molecule has 2 rings (SSSR count). The molecule has 2 nitrogen and oxygen atoms in total. The van der Waals surface area contributed by atoms with Gasteiger partial charge in [0.15, 0.2) is 11.6 Å². The van der Waals surface area contributed by atoms with Gasteiger partial charge in [-0.3, -0.25) is 0 Å². The lowest BCUT2D eigenvalue weighted by atomic mass is 10.3. The molecule has 0 N–H and O–H groups in total. The Morgan fingerprint density at radius 3 is 3.00 bits per heavy atom. The molecule has 0 spiro atoms. The molecule has 0 amide bonds. The van der Waals surface area contributed by atoms with Crippen molar-refractivity contribution in [2.24, 2.45) is 0 Å². The molecular weight excluding hydrogens is 186 g/mol. The zero-order valence-electron chi connectivity index (χ0n) is 7.38. The van der Waals surface area contributed by atoms with E-state index in [1.165, 1.54) is 0 Å². The van der Waals surface area contributed by atoms with E-state index in [0.717, 1.165) is 23.0 Å². The molecular formula is C10H10ClNO. The second-order valence-electron chi connectivity index (χ2n) is 2.85. The van der Waals surface area contributed by atoms with Crippen LogP contribution in [0.3, 0.4) is 0 Å². The first-order chi connectivity index (χ1) is 6.22. The molecule has 1 aliphatic rings. The molecule has 1 heterocycles. The molecule has 13 heavy (non-hydrogen) atoms. The molecule has 0 aromatic heterocycles. The minimum absolute atomic E-state index is 0.666. The summed E-state index contributed by atoms with van der Waals surface area (Å²) < 4.78 is 5.44. The Hall–Kier alpha value is -1.15. The highest BCUT2D eigenvalue weighted by Crippen LogP contribution is 2.39. The maximum Gasteiger partial charge on any atom is 0.193 e. The van der Waals surface area contributed by atoms with E-state index >= 15 is 0 Å². The molecule has 0 radical (unpaired) electrons. The summed E-state index contributed by atoms with van der Waals surface area (Å²) >= 11 is 5.88. The van der Waals surface area contributed by atoms with Crippen molar-refractivity contribution in [3.8, 4) is 5.75 Å². The molecule has 0 saturated heterocycles. The average molecular weight is 196 g/mol. The lowest BCUT2D eigenvalue weighted by Crippen LogP contribution is -2.18. The minimum atomic E-state index is 0.666. The van der Waals surface area contributed by atoms with Gasteiger partial charge in [-0.15, -0.1) is 0 Å². The fraction of sp³-hybridized carbons (Fsp3) is 0.200. The zero-order valence-corrected chi connectivity index (χ0v) is 8.14. The topological polar surface area (TPSA) is 12.5 Å². The van der Waals surface area contributed by atoms with Gasteiger partial charge in [-0.2, -0.15) is 0 Å². The maximum atomic E-state index is 5.88. The number of nitrogens with zero attached hydrogens (tertiary/aromatic N) is 1. The van der Waals surface area contributed by atoms with Gasteiger partial charge in [0.05, 0.1) is 5.69 Å². The van der Waals surface area contributed by atoms with E-state index in [-0.39, 0.29) is 0 Å². The molecule has 0 fully saturated rings. The maximum absolute atomic E-state index is 5.88. The molecule has 0 bridgehead atoms. The fourth-order valence-corrected chi connectivity index (χ4v) is 1.62. The van der Waals surface area contributed by atoms with Crippen LogP contribution >= 0.6 is 11.6 Å². The average Bonchev–Trinajstić information content (AvgIpc) is 2.40. The number of hydrogen-bond donors (Lipinski definition) is 0. The van der Waals surface area contributed by atoms with Crippen molar-refractivity contribution in [1.82, 2.24) is 0 Å². The van der Waals surface area contributed by atoms with Gasteiger partial charge < -0.3 is 9.64 Å². The van der Waals surface area contributed by atoms with Crippen molar-refractivity contribution < 1.29 is 4.74 Å². The first-order valence-electron chi connectivity index (χ1n) is 4.16. The third-order valence-electron chi connectivity index (χ3n) is 2.06. The highest BCUT2D eigenvalue weighted by molar-refractivity contribution is 6.31. The summed E-state index contributed by atoms with van der Waals surface area (Å²) in [5, 5.41) is 0.718. The van der Waals surface area contributed by atoms with Crippen LogP contribution in [0.2, 0.25) is 5.02 Å². The van der Waals surface area contributed by atoms with Crippen LogP contribution in [-0.4, -0.2) is 6.54 Å². The second-order valence-corrected chi connectivity index (χ2v) is 3.29. The van der Waals surface area contributed by atoms with E-state index in [1.54, 1.807) is 0 Å². The van der Waals surface area contributed by atoms with Crippen LogP contribution in [0.4, 0.5) is 5.69 Å². The van der Waals surface area contributed by atoms with Crippen LogP contribution in [0, 0.1) is 0 Å². The van der Waals surface area contributed by atoms with Crippen molar-refractivity contribution in [3.63, 3.8) is 0 Å². The predicted octanol–water partition coefficient (Wildman–Crippen LogP) is 3.03. The smallest absolute Gasteiger partial charge is 0.193 e.